The minimum absolute atomic E-state index is 0.585. The van der Waals surface area contributed by atoms with Crippen LogP contribution < -0.4 is 10.1 Å². The molecule has 0 aliphatic heterocycles. The molecule has 0 saturated heterocycles. The van der Waals surface area contributed by atoms with Crippen LogP contribution in [0, 0.1) is 0 Å². The van der Waals surface area contributed by atoms with Crippen LogP contribution >= 0.6 is 0 Å². The molecule has 2 aromatic rings. The Kier molecular flexibility index (Phi) is 6.28. The molecule has 114 valence electrons. The third-order valence-electron chi connectivity index (χ3n) is 3.32. The second-order valence-electron chi connectivity index (χ2n) is 5.17. The highest BCUT2D eigenvalue weighted by atomic mass is 16.5. The number of nitrogens with one attached hydrogen (secondary N) is 1. The van der Waals surface area contributed by atoms with Crippen LogP contribution in [0.25, 0.3) is 0 Å². The lowest BCUT2D eigenvalue weighted by molar-refractivity contribution is 0.304. The van der Waals surface area contributed by atoms with Gasteiger partial charge in [-0.25, -0.2) is 0 Å². The first-order chi connectivity index (χ1) is 10.3. The van der Waals surface area contributed by atoms with E-state index in [1.807, 2.05) is 10.9 Å². The van der Waals surface area contributed by atoms with Gasteiger partial charge >= 0.3 is 0 Å². The topological polar surface area (TPSA) is 39.1 Å². The van der Waals surface area contributed by atoms with Crippen LogP contribution in [0.15, 0.2) is 36.7 Å². The number of aromatic nitrogens is 2. The number of nitrogens with zero attached hydrogens (tertiary/aromatic N) is 2. The van der Waals surface area contributed by atoms with Gasteiger partial charge in [-0.3, -0.25) is 4.68 Å². The molecule has 0 atom stereocenters. The van der Waals surface area contributed by atoms with Crippen LogP contribution in [0.4, 0.5) is 0 Å². The van der Waals surface area contributed by atoms with E-state index in [1.165, 1.54) is 11.1 Å². The third-order valence-corrected chi connectivity index (χ3v) is 3.32. The first kappa shape index (κ1) is 15.6. The van der Waals surface area contributed by atoms with Gasteiger partial charge in [-0.05, 0) is 30.5 Å². The lowest BCUT2D eigenvalue weighted by Crippen LogP contribution is -2.15. The van der Waals surface area contributed by atoms with Crippen LogP contribution in [0.5, 0.6) is 5.75 Å². The highest BCUT2D eigenvalue weighted by molar-refractivity contribution is 5.27. The van der Waals surface area contributed by atoms with Crippen molar-refractivity contribution in [2.45, 2.75) is 46.4 Å². The minimum Gasteiger partial charge on any atom is -0.486 e. The maximum atomic E-state index is 5.85. The largest absolute Gasteiger partial charge is 0.486 e. The van der Waals surface area contributed by atoms with Gasteiger partial charge in [-0.2, -0.15) is 5.10 Å². The molecule has 1 heterocycles. The van der Waals surface area contributed by atoms with E-state index < -0.39 is 0 Å². The number of aryl methyl sites for hydroxylation is 1. The number of ether oxygens (including phenoxy) is 1. The summed E-state index contributed by atoms with van der Waals surface area (Å²) < 4.78 is 7.78. The summed E-state index contributed by atoms with van der Waals surface area (Å²) in [7, 11) is 0. The molecule has 1 aromatic carbocycles. The van der Waals surface area contributed by atoms with Gasteiger partial charge in [0.15, 0.2) is 5.75 Å². The van der Waals surface area contributed by atoms with E-state index in [0.717, 1.165) is 38.2 Å². The molecule has 0 unspecified atom stereocenters. The Bertz CT molecular complexity index is 536. The van der Waals surface area contributed by atoms with Crippen molar-refractivity contribution >= 4 is 0 Å². The molecule has 1 aromatic heterocycles. The van der Waals surface area contributed by atoms with Gasteiger partial charge < -0.3 is 10.1 Å². The van der Waals surface area contributed by atoms with Crippen LogP contribution in [0.1, 0.15) is 37.8 Å². The van der Waals surface area contributed by atoms with Crippen molar-refractivity contribution in [3.63, 3.8) is 0 Å². The first-order valence-corrected chi connectivity index (χ1v) is 7.76. The molecule has 1 N–H and O–H groups in total. The van der Waals surface area contributed by atoms with Gasteiger partial charge in [-0.1, -0.05) is 38.1 Å². The summed E-state index contributed by atoms with van der Waals surface area (Å²) >= 11 is 0. The second kappa shape index (κ2) is 8.47. The summed E-state index contributed by atoms with van der Waals surface area (Å²) in [5.41, 5.74) is 2.52. The lowest BCUT2D eigenvalue weighted by atomic mass is 10.1. The van der Waals surface area contributed by atoms with E-state index in [-0.39, 0.29) is 0 Å². The van der Waals surface area contributed by atoms with Crippen LogP contribution in [0.3, 0.4) is 0 Å². The monoisotopic (exact) mass is 287 g/mol. The second-order valence-corrected chi connectivity index (χ2v) is 5.17. The van der Waals surface area contributed by atoms with E-state index in [0.29, 0.717) is 6.61 Å². The molecular weight excluding hydrogens is 262 g/mol. The van der Waals surface area contributed by atoms with Gasteiger partial charge in [0.25, 0.3) is 0 Å². The Morgan fingerprint density at radius 1 is 1.14 bits per heavy atom. The van der Waals surface area contributed by atoms with Crippen molar-refractivity contribution in [3.8, 4) is 5.75 Å². The molecule has 0 bridgehead atoms. The Labute approximate surface area is 127 Å². The predicted octanol–water partition coefficient (Wildman–Crippen LogP) is 3.37. The van der Waals surface area contributed by atoms with Crippen molar-refractivity contribution in [3.05, 3.63) is 47.8 Å². The zero-order valence-corrected chi connectivity index (χ0v) is 13.0. The van der Waals surface area contributed by atoms with Gasteiger partial charge in [0.1, 0.15) is 6.61 Å². The van der Waals surface area contributed by atoms with Crippen molar-refractivity contribution in [1.82, 2.24) is 15.1 Å². The Morgan fingerprint density at radius 3 is 2.71 bits per heavy atom. The molecular formula is C17H25N3O. The quantitative estimate of drug-likeness (QED) is 0.719. The normalized spacial score (nSPS) is 10.8. The Morgan fingerprint density at radius 2 is 1.95 bits per heavy atom. The molecule has 4 nitrogen and oxygen atoms in total. The maximum Gasteiger partial charge on any atom is 0.157 e. The molecule has 0 saturated carbocycles. The number of benzene rings is 1. The first-order valence-electron chi connectivity index (χ1n) is 7.76. The highest BCUT2D eigenvalue weighted by Crippen LogP contribution is 2.14. The molecule has 0 aliphatic carbocycles. The minimum atomic E-state index is 0.585. The highest BCUT2D eigenvalue weighted by Gasteiger charge is 2.04. The molecule has 0 fully saturated rings. The SMILES string of the molecule is CCCNCc1ccccc1COc1cnn(CCC)c1. The summed E-state index contributed by atoms with van der Waals surface area (Å²) in [6, 6.07) is 8.41. The fourth-order valence-corrected chi connectivity index (χ4v) is 2.20. The van der Waals surface area contributed by atoms with Gasteiger partial charge in [-0.15, -0.1) is 0 Å². The standard InChI is InChI=1S/C17H25N3O/c1-3-9-18-11-15-7-5-6-8-16(15)14-21-17-12-19-20(13-17)10-4-2/h5-8,12-13,18H,3-4,9-11,14H2,1-2H3. The fraction of sp³-hybridized carbons (Fsp3) is 0.471. The van der Waals surface area contributed by atoms with Crippen molar-refractivity contribution in [2.24, 2.45) is 0 Å². The molecule has 0 amide bonds. The summed E-state index contributed by atoms with van der Waals surface area (Å²) in [6.45, 7) is 7.77. The number of rotatable bonds is 9. The van der Waals surface area contributed by atoms with Gasteiger partial charge in [0.2, 0.25) is 0 Å². The third kappa shape index (κ3) is 4.90. The number of hydrogen-bond donors (Lipinski definition) is 1. The van der Waals surface area contributed by atoms with E-state index in [2.05, 4.69) is 48.5 Å². The fourth-order valence-electron chi connectivity index (χ4n) is 2.20. The molecule has 4 heteroatoms. The zero-order valence-electron chi connectivity index (χ0n) is 13.0. The number of hydrogen-bond acceptors (Lipinski definition) is 3. The predicted molar refractivity (Wildman–Crippen MR) is 85.3 cm³/mol. The Balaban J connectivity index is 1.92. The molecule has 0 radical (unpaired) electrons. The van der Waals surface area contributed by atoms with E-state index in [1.54, 1.807) is 6.20 Å². The summed E-state index contributed by atoms with van der Waals surface area (Å²) in [4.78, 5) is 0. The molecule has 0 spiro atoms. The van der Waals surface area contributed by atoms with Crippen LogP contribution in [0.2, 0.25) is 0 Å². The van der Waals surface area contributed by atoms with Crippen molar-refractivity contribution in [1.29, 1.82) is 0 Å². The van der Waals surface area contributed by atoms with Crippen molar-refractivity contribution < 1.29 is 4.74 Å². The van der Waals surface area contributed by atoms with Crippen LogP contribution in [-0.2, 0) is 19.7 Å². The smallest absolute Gasteiger partial charge is 0.157 e. The summed E-state index contributed by atoms with van der Waals surface area (Å²) in [6.07, 6.45) is 5.97. The Hall–Kier alpha value is -1.81. The average molecular weight is 287 g/mol. The average Bonchev–Trinajstić information content (AvgIpc) is 2.95. The van der Waals surface area contributed by atoms with E-state index in [4.69, 9.17) is 4.74 Å². The lowest BCUT2D eigenvalue weighted by Gasteiger charge is -2.10. The summed E-state index contributed by atoms with van der Waals surface area (Å²) in [5.74, 6) is 0.833. The van der Waals surface area contributed by atoms with E-state index >= 15 is 0 Å². The molecule has 0 aliphatic rings. The van der Waals surface area contributed by atoms with Gasteiger partial charge in [0.05, 0.1) is 12.4 Å². The van der Waals surface area contributed by atoms with Gasteiger partial charge in [0, 0.05) is 13.1 Å². The molecule has 21 heavy (non-hydrogen) atoms. The maximum absolute atomic E-state index is 5.85. The van der Waals surface area contributed by atoms with E-state index in [9.17, 15) is 0 Å². The molecule has 2 rings (SSSR count). The zero-order chi connectivity index (χ0) is 14.9. The van der Waals surface area contributed by atoms with Crippen molar-refractivity contribution in [2.75, 3.05) is 6.54 Å². The summed E-state index contributed by atoms with van der Waals surface area (Å²) in [5, 5.41) is 7.72. The van der Waals surface area contributed by atoms with Crippen LogP contribution in [-0.4, -0.2) is 16.3 Å².